The van der Waals surface area contributed by atoms with Gasteiger partial charge in [-0.1, -0.05) is 27.3 Å². The molecule has 0 aliphatic carbocycles. The molecule has 0 bridgehead atoms. The van der Waals surface area contributed by atoms with Gasteiger partial charge >= 0.3 is 0 Å². The summed E-state index contributed by atoms with van der Waals surface area (Å²) in [7, 11) is 0. The van der Waals surface area contributed by atoms with E-state index in [9.17, 15) is 0 Å². The largest absolute Gasteiger partial charge is 0.430 e. The topological polar surface area (TPSA) is 22.1 Å². The van der Waals surface area contributed by atoms with Crippen LogP contribution in [-0.4, -0.2) is 4.98 Å². The minimum Gasteiger partial charge on any atom is -0.430 e. The van der Waals surface area contributed by atoms with Crippen LogP contribution < -0.4 is 4.74 Å². The normalized spacial score (nSPS) is 10.1. The number of halogens is 2. The monoisotopic (exact) mass is 333 g/mol. The predicted octanol–water partition coefficient (Wildman–Crippen LogP) is 4.46. The Morgan fingerprint density at radius 1 is 1.29 bits per heavy atom. The van der Waals surface area contributed by atoms with Gasteiger partial charge in [0.1, 0.15) is 5.75 Å². The molecule has 0 fully saturated rings. The molecule has 0 saturated heterocycles. The molecule has 5 heteroatoms. The van der Waals surface area contributed by atoms with Crippen molar-refractivity contribution in [1.29, 1.82) is 0 Å². The van der Waals surface area contributed by atoms with Crippen molar-refractivity contribution in [2.24, 2.45) is 0 Å². The molecule has 1 aromatic heterocycles. The van der Waals surface area contributed by atoms with E-state index in [-0.39, 0.29) is 0 Å². The first kappa shape index (κ1) is 10.1. The molecule has 0 radical (unpaired) electrons. The van der Waals surface area contributed by atoms with Crippen LogP contribution in [0.1, 0.15) is 0 Å². The van der Waals surface area contributed by atoms with E-state index in [1.165, 1.54) is 11.3 Å². The summed E-state index contributed by atoms with van der Waals surface area (Å²) in [6.07, 6.45) is 1.71. The van der Waals surface area contributed by atoms with Gasteiger partial charge in [0.25, 0.3) is 5.19 Å². The number of ether oxygens (including phenoxy) is 1. The van der Waals surface area contributed by atoms with Crippen LogP contribution in [0.25, 0.3) is 0 Å². The maximum atomic E-state index is 5.56. The van der Waals surface area contributed by atoms with Crippen molar-refractivity contribution < 1.29 is 4.74 Å². The van der Waals surface area contributed by atoms with Gasteiger partial charge in [-0.05, 0) is 34.1 Å². The van der Waals surface area contributed by atoms with E-state index in [0.717, 1.165) is 14.7 Å². The average Bonchev–Trinajstić information content (AvgIpc) is 2.64. The quantitative estimate of drug-likeness (QED) is 0.808. The number of benzene rings is 1. The summed E-state index contributed by atoms with van der Waals surface area (Å²) >= 11 is 8.25. The fourth-order valence-corrected chi connectivity index (χ4v) is 2.08. The number of hydrogen-bond acceptors (Lipinski definition) is 3. The number of thiazole rings is 1. The Labute approximate surface area is 102 Å². The van der Waals surface area contributed by atoms with Crippen molar-refractivity contribution in [3.63, 3.8) is 0 Å². The molecule has 0 N–H and O–H groups in total. The molecule has 1 aromatic carbocycles. The van der Waals surface area contributed by atoms with Gasteiger partial charge in [0.2, 0.25) is 0 Å². The number of hydrogen-bond donors (Lipinski definition) is 0. The molecule has 1 heterocycles. The van der Waals surface area contributed by atoms with Crippen molar-refractivity contribution in [1.82, 2.24) is 4.98 Å². The highest BCUT2D eigenvalue weighted by Gasteiger charge is 2.04. The Balaban J connectivity index is 2.28. The van der Waals surface area contributed by atoms with Gasteiger partial charge in [0.15, 0.2) is 0 Å². The second-order valence-corrected chi connectivity index (χ2v) is 5.10. The van der Waals surface area contributed by atoms with Gasteiger partial charge in [-0.2, -0.15) is 0 Å². The number of rotatable bonds is 2. The zero-order chi connectivity index (χ0) is 9.97. The van der Waals surface area contributed by atoms with E-state index in [1.54, 1.807) is 6.20 Å². The first-order valence-electron chi connectivity index (χ1n) is 3.78. The van der Waals surface area contributed by atoms with Crippen molar-refractivity contribution >= 4 is 43.2 Å². The van der Waals surface area contributed by atoms with E-state index in [2.05, 4.69) is 36.8 Å². The van der Waals surface area contributed by atoms with Crippen LogP contribution in [0, 0.1) is 0 Å². The summed E-state index contributed by atoms with van der Waals surface area (Å²) in [5, 5.41) is 2.52. The molecule has 2 aromatic rings. The first-order valence-corrected chi connectivity index (χ1v) is 6.24. The third-order valence-corrected chi connectivity index (χ3v) is 3.30. The second kappa shape index (κ2) is 4.42. The van der Waals surface area contributed by atoms with Crippen molar-refractivity contribution in [2.75, 3.05) is 0 Å². The molecule has 2 nitrogen and oxygen atoms in total. The molecule has 0 saturated carbocycles. The summed E-state index contributed by atoms with van der Waals surface area (Å²) in [6, 6.07) is 5.76. The Morgan fingerprint density at radius 2 is 2.14 bits per heavy atom. The average molecular weight is 335 g/mol. The molecule has 0 amide bonds. The highest BCUT2D eigenvalue weighted by molar-refractivity contribution is 9.11. The van der Waals surface area contributed by atoms with Crippen molar-refractivity contribution in [3.05, 3.63) is 38.7 Å². The lowest BCUT2D eigenvalue weighted by molar-refractivity contribution is 0.475. The molecule has 0 spiro atoms. The smallest absolute Gasteiger partial charge is 0.278 e. The first-order chi connectivity index (χ1) is 6.75. The maximum Gasteiger partial charge on any atom is 0.278 e. The van der Waals surface area contributed by atoms with Crippen molar-refractivity contribution in [3.8, 4) is 10.9 Å². The zero-order valence-electron chi connectivity index (χ0n) is 6.91. The molecule has 14 heavy (non-hydrogen) atoms. The van der Waals surface area contributed by atoms with E-state index in [1.807, 2.05) is 23.6 Å². The van der Waals surface area contributed by atoms with Crippen LogP contribution in [0.3, 0.4) is 0 Å². The summed E-state index contributed by atoms with van der Waals surface area (Å²) in [4.78, 5) is 4.04. The van der Waals surface area contributed by atoms with Gasteiger partial charge in [-0.15, -0.1) is 0 Å². The lowest BCUT2D eigenvalue weighted by Crippen LogP contribution is -1.84. The predicted molar refractivity (Wildman–Crippen MR) is 64.0 cm³/mol. The third-order valence-electron chi connectivity index (χ3n) is 1.50. The fourth-order valence-electron chi connectivity index (χ4n) is 0.910. The van der Waals surface area contributed by atoms with Crippen LogP contribution in [0.4, 0.5) is 0 Å². The number of nitrogens with zero attached hydrogens (tertiary/aromatic N) is 1. The van der Waals surface area contributed by atoms with Crippen LogP contribution in [-0.2, 0) is 0 Å². The number of aromatic nitrogens is 1. The fraction of sp³-hybridized carbons (Fsp3) is 0. The molecule has 72 valence electrons. The van der Waals surface area contributed by atoms with Gasteiger partial charge in [0, 0.05) is 16.0 Å². The molecule has 0 aliphatic heterocycles. The van der Waals surface area contributed by atoms with E-state index in [4.69, 9.17) is 4.74 Å². The van der Waals surface area contributed by atoms with Crippen LogP contribution in [0.15, 0.2) is 38.7 Å². The van der Waals surface area contributed by atoms with Crippen LogP contribution in [0.5, 0.6) is 10.9 Å². The van der Waals surface area contributed by atoms with Crippen molar-refractivity contribution in [2.45, 2.75) is 0 Å². The Kier molecular flexibility index (Phi) is 3.20. The van der Waals surface area contributed by atoms with Gasteiger partial charge < -0.3 is 4.74 Å². The Bertz CT molecular complexity index is 430. The molecular weight excluding hydrogens is 330 g/mol. The molecule has 0 aliphatic rings. The highest BCUT2D eigenvalue weighted by atomic mass is 79.9. The van der Waals surface area contributed by atoms with E-state index < -0.39 is 0 Å². The zero-order valence-corrected chi connectivity index (χ0v) is 10.9. The Morgan fingerprint density at radius 3 is 2.86 bits per heavy atom. The maximum absolute atomic E-state index is 5.56. The summed E-state index contributed by atoms with van der Waals surface area (Å²) in [6.45, 7) is 0. The van der Waals surface area contributed by atoms with E-state index >= 15 is 0 Å². The molecule has 0 atom stereocenters. The lowest BCUT2D eigenvalue weighted by atomic mass is 10.3. The molecule has 2 rings (SSSR count). The summed E-state index contributed by atoms with van der Waals surface area (Å²) in [5.41, 5.74) is 0. The van der Waals surface area contributed by atoms with E-state index in [0.29, 0.717) is 5.19 Å². The van der Waals surface area contributed by atoms with Gasteiger partial charge in [-0.3, -0.25) is 0 Å². The minimum absolute atomic E-state index is 0.642. The molecular formula is C9H5Br2NOS. The third kappa shape index (κ3) is 2.34. The van der Waals surface area contributed by atoms with Crippen LogP contribution >= 0.6 is 43.2 Å². The van der Waals surface area contributed by atoms with Gasteiger partial charge in [-0.25, -0.2) is 4.98 Å². The highest BCUT2D eigenvalue weighted by Crippen LogP contribution is 2.32. The minimum atomic E-state index is 0.642. The van der Waals surface area contributed by atoms with Crippen LogP contribution in [0.2, 0.25) is 0 Å². The second-order valence-electron chi connectivity index (χ2n) is 2.47. The summed E-state index contributed by atoms with van der Waals surface area (Å²) in [5.74, 6) is 0.759. The lowest BCUT2D eigenvalue weighted by Gasteiger charge is -2.04. The molecule has 0 unspecified atom stereocenters. The van der Waals surface area contributed by atoms with Gasteiger partial charge in [0.05, 0.1) is 4.47 Å². The SMILES string of the molecule is Brc1ccc(Br)c(Oc2nccs2)c1. The standard InChI is InChI=1S/C9H5Br2NOS/c10-6-1-2-7(11)8(5-6)13-9-12-3-4-14-9/h1-5H. The summed E-state index contributed by atoms with van der Waals surface area (Å²) < 4.78 is 7.45. The Hall–Kier alpha value is -0.390.